The highest BCUT2D eigenvalue weighted by Gasteiger charge is 1.96. The zero-order valence-corrected chi connectivity index (χ0v) is 14.4. The predicted molar refractivity (Wildman–Crippen MR) is 97.7 cm³/mol. The lowest BCUT2D eigenvalue weighted by atomic mass is 10.1. The SMILES string of the molecule is C=CCCCCCOCCCCCNC(=C)CCCC(=C)N. The van der Waals surface area contributed by atoms with Crippen LogP contribution in [0.1, 0.15) is 64.2 Å². The van der Waals surface area contributed by atoms with Crippen LogP contribution in [0.2, 0.25) is 0 Å². The van der Waals surface area contributed by atoms with Gasteiger partial charge in [0.1, 0.15) is 0 Å². The maximum atomic E-state index is 5.63. The molecule has 0 amide bonds. The van der Waals surface area contributed by atoms with E-state index in [1.807, 2.05) is 6.08 Å². The van der Waals surface area contributed by atoms with Gasteiger partial charge in [-0.25, -0.2) is 0 Å². The van der Waals surface area contributed by atoms with Crippen LogP contribution in [0.25, 0.3) is 0 Å². The molecule has 0 saturated heterocycles. The van der Waals surface area contributed by atoms with Crippen molar-refractivity contribution in [3.63, 3.8) is 0 Å². The standard InChI is InChI=1S/C19H36N2O/c1-4-5-6-7-10-16-22-17-11-8-9-15-21-19(3)14-12-13-18(2)20/h4,21H,1-3,5-17,20H2. The van der Waals surface area contributed by atoms with Crippen molar-refractivity contribution < 1.29 is 4.74 Å². The Morgan fingerprint density at radius 2 is 1.59 bits per heavy atom. The van der Waals surface area contributed by atoms with Gasteiger partial charge >= 0.3 is 0 Å². The first-order chi connectivity index (χ1) is 10.7. The van der Waals surface area contributed by atoms with Gasteiger partial charge in [0, 0.05) is 31.2 Å². The molecule has 0 aliphatic rings. The molecule has 0 saturated carbocycles. The second-order valence-corrected chi connectivity index (χ2v) is 5.85. The van der Waals surface area contributed by atoms with Gasteiger partial charge in [-0.3, -0.25) is 0 Å². The monoisotopic (exact) mass is 308 g/mol. The van der Waals surface area contributed by atoms with Crippen molar-refractivity contribution in [2.75, 3.05) is 19.8 Å². The van der Waals surface area contributed by atoms with Crippen LogP contribution in [-0.2, 0) is 4.74 Å². The number of hydrogen-bond donors (Lipinski definition) is 2. The molecule has 0 radical (unpaired) electrons. The molecule has 0 spiro atoms. The zero-order valence-electron chi connectivity index (χ0n) is 14.4. The molecule has 0 fully saturated rings. The number of unbranched alkanes of at least 4 members (excludes halogenated alkanes) is 5. The molecule has 0 atom stereocenters. The highest BCUT2D eigenvalue weighted by molar-refractivity contribution is 4.93. The van der Waals surface area contributed by atoms with Crippen molar-refractivity contribution in [2.45, 2.75) is 64.2 Å². The fourth-order valence-electron chi connectivity index (χ4n) is 2.16. The topological polar surface area (TPSA) is 47.3 Å². The molecule has 0 rings (SSSR count). The number of ether oxygens (including phenoxy) is 1. The molecular weight excluding hydrogens is 272 g/mol. The summed E-state index contributed by atoms with van der Waals surface area (Å²) in [7, 11) is 0. The third-order valence-electron chi connectivity index (χ3n) is 3.51. The largest absolute Gasteiger partial charge is 0.403 e. The van der Waals surface area contributed by atoms with Crippen LogP contribution < -0.4 is 11.1 Å². The molecule has 0 bridgehead atoms. The Bertz CT molecular complexity index is 300. The van der Waals surface area contributed by atoms with E-state index in [1.165, 1.54) is 32.1 Å². The van der Waals surface area contributed by atoms with E-state index < -0.39 is 0 Å². The number of allylic oxidation sites excluding steroid dienone is 3. The molecule has 0 heterocycles. The summed E-state index contributed by atoms with van der Waals surface area (Å²) in [4.78, 5) is 0. The van der Waals surface area contributed by atoms with Gasteiger partial charge in [-0.05, 0) is 57.8 Å². The Balaban J connectivity index is 3.14. The number of hydrogen-bond acceptors (Lipinski definition) is 3. The summed E-state index contributed by atoms with van der Waals surface area (Å²) in [5.74, 6) is 0. The van der Waals surface area contributed by atoms with E-state index in [2.05, 4.69) is 25.1 Å². The van der Waals surface area contributed by atoms with Crippen molar-refractivity contribution in [3.8, 4) is 0 Å². The lowest BCUT2D eigenvalue weighted by Crippen LogP contribution is -2.14. The third kappa shape index (κ3) is 16.8. The maximum Gasteiger partial charge on any atom is 0.0466 e. The second-order valence-electron chi connectivity index (χ2n) is 5.85. The number of rotatable bonds is 17. The lowest BCUT2D eigenvalue weighted by Gasteiger charge is -2.09. The molecule has 0 aliphatic heterocycles. The van der Waals surface area contributed by atoms with Crippen LogP contribution in [0.15, 0.2) is 37.2 Å². The first-order valence-corrected chi connectivity index (χ1v) is 8.70. The van der Waals surface area contributed by atoms with E-state index in [4.69, 9.17) is 10.5 Å². The van der Waals surface area contributed by atoms with Gasteiger partial charge in [0.05, 0.1) is 0 Å². The van der Waals surface area contributed by atoms with Gasteiger partial charge in [-0.1, -0.05) is 25.7 Å². The van der Waals surface area contributed by atoms with Crippen LogP contribution in [0.5, 0.6) is 0 Å². The Kier molecular flexibility index (Phi) is 15.3. The summed E-state index contributed by atoms with van der Waals surface area (Å²) in [6, 6.07) is 0. The van der Waals surface area contributed by atoms with Crippen LogP contribution in [0, 0.1) is 0 Å². The summed E-state index contributed by atoms with van der Waals surface area (Å²) in [6.07, 6.45) is 13.2. The fraction of sp³-hybridized carbons (Fsp3) is 0.684. The molecule has 3 N–H and O–H groups in total. The molecule has 22 heavy (non-hydrogen) atoms. The fourth-order valence-corrected chi connectivity index (χ4v) is 2.16. The molecule has 3 nitrogen and oxygen atoms in total. The van der Waals surface area contributed by atoms with E-state index in [9.17, 15) is 0 Å². The van der Waals surface area contributed by atoms with E-state index in [-0.39, 0.29) is 0 Å². The highest BCUT2D eigenvalue weighted by atomic mass is 16.5. The van der Waals surface area contributed by atoms with Crippen molar-refractivity contribution in [2.24, 2.45) is 5.73 Å². The first kappa shape index (κ1) is 20.8. The Hall–Kier alpha value is -1.22. The minimum atomic E-state index is 0.758. The van der Waals surface area contributed by atoms with Crippen molar-refractivity contribution in [3.05, 3.63) is 37.2 Å². The molecule has 0 aliphatic carbocycles. The molecule has 0 aromatic carbocycles. The van der Waals surface area contributed by atoms with Gasteiger partial charge in [0.2, 0.25) is 0 Å². The Morgan fingerprint density at radius 3 is 2.23 bits per heavy atom. The molecular formula is C19H36N2O. The van der Waals surface area contributed by atoms with Crippen LogP contribution in [0.4, 0.5) is 0 Å². The Labute approximate surface area is 137 Å². The van der Waals surface area contributed by atoms with Crippen molar-refractivity contribution in [1.82, 2.24) is 5.32 Å². The molecule has 0 aromatic heterocycles. The van der Waals surface area contributed by atoms with E-state index >= 15 is 0 Å². The smallest absolute Gasteiger partial charge is 0.0466 e. The van der Waals surface area contributed by atoms with Crippen molar-refractivity contribution >= 4 is 0 Å². The number of nitrogens with one attached hydrogen (secondary N) is 1. The van der Waals surface area contributed by atoms with E-state index in [1.54, 1.807) is 0 Å². The normalized spacial score (nSPS) is 10.4. The minimum absolute atomic E-state index is 0.758. The van der Waals surface area contributed by atoms with Crippen LogP contribution >= 0.6 is 0 Å². The van der Waals surface area contributed by atoms with Gasteiger partial charge in [-0.2, -0.15) is 0 Å². The summed E-state index contributed by atoms with van der Waals surface area (Å²) in [5, 5.41) is 3.37. The average Bonchev–Trinajstić information content (AvgIpc) is 2.48. The maximum absolute atomic E-state index is 5.63. The Morgan fingerprint density at radius 1 is 0.909 bits per heavy atom. The van der Waals surface area contributed by atoms with Gasteiger partial charge < -0.3 is 15.8 Å². The van der Waals surface area contributed by atoms with E-state index in [0.29, 0.717) is 0 Å². The minimum Gasteiger partial charge on any atom is -0.403 e. The quantitative estimate of drug-likeness (QED) is 0.303. The average molecular weight is 309 g/mol. The molecule has 0 aromatic rings. The first-order valence-electron chi connectivity index (χ1n) is 8.70. The predicted octanol–water partition coefficient (Wildman–Crippen LogP) is 4.67. The van der Waals surface area contributed by atoms with Crippen LogP contribution in [-0.4, -0.2) is 19.8 Å². The summed E-state index contributed by atoms with van der Waals surface area (Å²) in [5.41, 5.74) is 7.40. The van der Waals surface area contributed by atoms with E-state index in [0.717, 1.165) is 63.3 Å². The lowest BCUT2D eigenvalue weighted by molar-refractivity contribution is 0.126. The second kappa shape index (κ2) is 16.2. The number of nitrogens with two attached hydrogens (primary N) is 1. The third-order valence-corrected chi connectivity index (χ3v) is 3.51. The summed E-state index contributed by atoms with van der Waals surface area (Å²) < 4.78 is 5.63. The molecule has 3 heteroatoms. The summed E-state index contributed by atoms with van der Waals surface area (Å²) in [6.45, 7) is 14.2. The summed E-state index contributed by atoms with van der Waals surface area (Å²) >= 11 is 0. The van der Waals surface area contributed by atoms with Gasteiger partial charge in [-0.15, -0.1) is 6.58 Å². The zero-order chi connectivity index (χ0) is 16.5. The highest BCUT2D eigenvalue weighted by Crippen LogP contribution is 2.05. The van der Waals surface area contributed by atoms with Gasteiger partial charge in [0.15, 0.2) is 0 Å². The van der Waals surface area contributed by atoms with Gasteiger partial charge in [0.25, 0.3) is 0 Å². The van der Waals surface area contributed by atoms with Crippen molar-refractivity contribution in [1.29, 1.82) is 0 Å². The molecule has 128 valence electrons. The van der Waals surface area contributed by atoms with Crippen LogP contribution in [0.3, 0.4) is 0 Å². The molecule has 0 unspecified atom stereocenters.